The van der Waals surface area contributed by atoms with E-state index >= 15 is 0 Å². The Morgan fingerprint density at radius 1 is 1.19 bits per heavy atom. The summed E-state index contributed by atoms with van der Waals surface area (Å²) in [5, 5.41) is 0. The second kappa shape index (κ2) is 4.53. The van der Waals surface area contributed by atoms with Crippen LogP contribution >= 0.6 is 0 Å². The molecule has 0 aliphatic carbocycles. The lowest BCUT2D eigenvalue weighted by Gasteiger charge is -2.07. The van der Waals surface area contributed by atoms with Gasteiger partial charge >= 0.3 is 0 Å². The van der Waals surface area contributed by atoms with Gasteiger partial charge in [0.05, 0.1) is 16.9 Å². The van der Waals surface area contributed by atoms with Crippen molar-refractivity contribution < 1.29 is 13.2 Å². The van der Waals surface area contributed by atoms with Gasteiger partial charge in [-0.2, -0.15) is 0 Å². The van der Waals surface area contributed by atoms with Crippen LogP contribution in [-0.4, -0.2) is 15.5 Å². The Morgan fingerprint density at radius 3 is 2.06 bits per heavy atom. The lowest BCUT2D eigenvalue weighted by atomic mass is 10.3. The maximum Gasteiger partial charge on any atom is 0.206 e. The van der Waals surface area contributed by atoms with Crippen molar-refractivity contribution in [2.75, 3.05) is 7.11 Å². The molecule has 4 heteroatoms. The number of allylic oxidation sites excluding steroid dienone is 1. The van der Waals surface area contributed by atoms with E-state index in [1.165, 1.54) is 19.2 Å². The molecular formula is C12H14O3S. The number of sulfone groups is 1. The quantitative estimate of drug-likeness (QED) is 0.757. The molecule has 0 fully saturated rings. The summed E-state index contributed by atoms with van der Waals surface area (Å²) >= 11 is 0. The molecule has 0 amide bonds. The van der Waals surface area contributed by atoms with Crippen LogP contribution in [0.2, 0.25) is 0 Å². The fraction of sp³-hybridized carbons (Fsp3) is 0.167. The van der Waals surface area contributed by atoms with Crippen molar-refractivity contribution in [3.8, 4) is 5.75 Å². The van der Waals surface area contributed by atoms with Crippen LogP contribution in [0.4, 0.5) is 0 Å². The predicted molar refractivity (Wildman–Crippen MR) is 64.1 cm³/mol. The van der Waals surface area contributed by atoms with Gasteiger partial charge in [-0.25, -0.2) is 8.42 Å². The average Bonchev–Trinajstić information content (AvgIpc) is 2.28. The first kappa shape index (κ1) is 12.5. The topological polar surface area (TPSA) is 43.4 Å². The third kappa shape index (κ3) is 2.33. The maximum atomic E-state index is 12.0. The van der Waals surface area contributed by atoms with Crippen LogP contribution in [0.3, 0.4) is 0 Å². The summed E-state index contributed by atoms with van der Waals surface area (Å²) in [6.07, 6.45) is 0. The first-order chi connectivity index (χ1) is 7.39. The highest BCUT2D eigenvalue weighted by molar-refractivity contribution is 7.95. The van der Waals surface area contributed by atoms with Crippen LogP contribution in [0.25, 0.3) is 0 Å². The fourth-order valence-corrected chi connectivity index (χ4v) is 2.36. The number of rotatable bonds is 4. The van der Waals surface area contributed by atoms with Gasteiger partial charge in [-0.3, -0.25) is 0 Å². The van der Waals surface area contributed by atoms with Crippen LogP contribution in [0.15, 0.2) is 52.8 Å². The smallest absolute Gasteiger partial charge is 0.206 e. The van der Waals surface area contributed by atoms with Crippen molar-refractivity contribution in [3.63, 3.8) is 0 Å². The average molecular weight is 238 g/mol. The van der Waals surface area contributed by atoms with E-state index < -0.39 is 9.84 Å². The zero-order valence-corrected chi connectivity index (χ0v) is 10.2. The highest BCUT2D eigenvalue weighted by atomic mass is 32.2. The van der Waals surface area contributed by atoms with Gasteiger partial charge in [0, 0.05) is 0 Å². The summed E-state index contributed by atoms with van der Waals surface area (Å²) in [5.41, 5.74) is 0.441. The van der Waals surface area contributed by atoms with Crippen molar-refractivity contribution in [2.24, 2.45) is 0 Å². The summed E-state index contributed by atoms with van der Waals surface area (Å²) in [5.74, 6) is 0.611. The molecule has 0 atom stereocenters. The van der Waals surface area contributed by atoms with Crippen LogP contribution in [0.5, 0.6) is 5.75 Å². The minimum Gasteiger partial charge on any atom is -0.497 e. The standard InChI is InChI=1S/C12H14O3S/c1-9(2)10(3)16(13,14)12-7-5-11(15-4)6-8-12/h5-8H,1,3H2,2,4H3. The highest BCUT2D eigenvalue weighted by Crippen LogP contribution is 2.24. The Morgan fingerprint density at radius 2 is 1.69 bits per heavy atom. The van der Waals surface area contributed by atoms with Gasteiger partial charge in [-0.15, -0.1) is 0 Å². The molecule has 0 saturated heterocycles. The second-order valence-electron chi connectivity index (χ2n) is 3.38. The number of benzene rings is 1. The van der Waals surface area contributed by atoms with Gasteiger partial charge in [-0.1, -0.05) is 13.2 Å². The Labute approximate surface area is 96.0 Å². The lowest BCUT2D eigenvalue weighted by Crippen LogP contribution is -2.04. The molecule has 0 aliphatic rings. The van der Waals surface area contributed by atoms with E-state index in [1.54, 1.807) is 19.1 Å². The molecule has 3 nitrogen and oxygen atoms in total. The first-order valence-corrected chi connectivity index (χ1v) is 6.12. The lowest BCUT2D eigenvalue weighted by molar-refractivity contribution is 0.414. The number of methoxy groups -OCH3 is 1. The number of hydrogen-bond donors (Lipinski definition) is 0. The molecule has 86 valence electrons. The van der Waals surface area contributed by atoms with E-state index in [0.717, 1.165) is 0 Å². The molecule has 0 heterocycles. The Kier molecular flexibility index (Phi) is 3.55. The summed E-state index contributed by atoms with van der Waals surface area (Å²) in [4.78, 5) is 0.235. The molecule has 0 aromatic heterocycles. The van der Waals surface area contributed by atoms with Crippen molar-refractivity contribution in [1.29, 1.82) is 0 Å². The molecule has 16 heavy (non-hydrogen) atoms. The maximum absolute atomic E-state index is 12.0. The van der Waals surface area contributed by atoms with Crippen LogP contribution in [0, 0.1) is 0 Å². The van der Waals surface area contributed by atoms with E-state index in [1.807, 2.05) is 0 Å². The van der Waals surface area contributed by atoms with E-state index in [0.29, 0.717) is 11.3 Å². The van der Waals surface area contributed by atoms with E-state index in [2.05, 4.69) is 13.2 Å². The Balaban J connectivity index is 3.18. The van der Waals surface area contributed by atoms with Gasteiger partial charge in [0.1, 0.15) is 5.75 Å². The number of hydrogen-bond acceptors (Lipinski definition) is 3. The largest absolute Gasteiger partial charge is 0.497 e. The summed E-state index contributed by atoms with van der Waals surface area (Å²) in [6.45, 7) is 8.72. The third-order valence-corrected chi connectivity index (χ3v) is 4.06. The molecule has 1 rings (SSSR count). The fourth-order valence-electron chi connectivity index (χ4n) is 1.13. The molecule has 1 aromatic rings. The zero-order valence-electron chi connectivity index (χ0n) is 9.36. The molecule has 0 spiro atoms. The molecule has 0 aliphatic heterocycles. The van der Waals surface area contributed by atoms with Crippen LogP contribution < -0.4 is 4.74 Å². The Bertz CT molecular complexity index is 510. The molecule has 0 unspecified atom stereocenters. The normalized spacial score (nSPS) is 10.9. The van der Waals surface area contributed by atoms with Crippen LogP contribution in [-0.2, 0) is 9.84 Å². The van der Waals surface area contributed by atoms with Crippen molar-refractivity contribution in [1.82, 2.24) is 0 Å². The molecule has 0 N–H and O–H groups in total. The minimum atomic E-state index is -3.51. The summed E-state index contributed by atoms with van der Waals surface area (Å²) < 4.78 is 28.9. The zero-order chi connectivity index (χ0) is 12.3. The molecule has 0 radical (unpaired) electrons. The van der Waals surface area contributed by atoms with Gasteiger partial charge in [0.2, 0.25) is 9.84 Å². The molecule has 1 aromatic carbocycles. The van der Waals surface area contributed by atoms with E-state index in [4.69, 9.17) is 4.74 Å². The third-order valence-electron chi connectivity index (χ3n) is 2.17. The van der Waals surface area contributed by atoms with E-state index in [-0.39, 0.29) is 9.80 Å². The van der Waals surface area contributed by atoms with Crippen molar-refractivity contribution >= 4 is 9.84 Å². The van der Waals surface area contributed by atoms with Crippen molar-refractivity contribution in [2.45, 2.75) is 11.8 Å². The molecule has 0 bridgehead atoms. The molecule has 0 saturated carbocycles. The van der Waals surface area contributed by atoms with Crippen LogP contribution in [0.1, 0.15) is 6.92 Å². The highest BCUT2D eigenvalue weighted by Gasteiger charge is 2.18. The van der Waals surface area contributed by atoms with E-state index in [9.17, 15) is 8.42 Å². The first-order valence-electron chi connectivity index (χ1n) is 4.63. The summed E-state index contributed by atoms with van der Waals surface area (Å²) in [6, 6.07) is 6.17. The second-order valence-corrected chi connectivity index (χ2v) is 5.35. The van der Waals surface area contributed by atoms with Gasteiger partial charge < -0.3 is 4.74 Å². The van der Waals surface area contributed by atoms with Crippen molar-refractivity contribution in [3.05, 3.63) is 47.9 Å². The SMILES string of the molecule is C=C(C)C(=C)S(=O)(=O)c1ccc(OC)cc1. The predicted octanol–water partition coefficient (Wildman–Crippen LogP) is 2.56. The minimum absolute atomic E-state index is 0.0395. The van der Waals surface area contributed by atoms with Gasteiger partial charge in [-0.05, 0) is 36.8 Å². The molecular weight excluding hydrogens is 224 g/mol. The Hall–Kier alpha value is -1.55. The monoisotopic (exact) mass is 238 g/mol. The van der Waals surface area contributed by atoms with Gasteiger partial charge in [0.15, 0.2) is 0 Å². The summed E-state index contributed by atoms with van der Waals surface area (Å²) in [7, 11) is -1.99. The number of ether oxygens (including phenoxy) is 1. The van der Waals surface area contributed by atoms with Gasteiger partial charge in [0.25, 0.3) is 0 Å².